The summed E-state index contributed by atoms with van der Waals surface area (Å²) >= 11 is 11.7. The van der Waals surface area contributed by atoms with Crippen molar-refractivity contribution in [3.05, 3.63) is 28.2 Å². The van der Waals surface area contributed by atoms with Crippen LogP contribution in [0.5, 0.6) is 0 Å². The minimum absolute atomic E-state index is 0.183. The molecule has 1 fully saturated rings. The third-order valence-corrected chi connectivity index (χ3v) is 3.83. The van der Waals surface area contributed by atoms with Crippen LogP contribution in [0.25, 0.3) is 0 Å². The maximum atomic E-state index is 12.1. The molecule has 1 aliphatic rings. The van der Waals surface area contributed by atoms with E-state index in [1.807, 2.05) is 0 Å². The van der Waals surface area contributed by atoms with Gasteiger partial charge in [-0.2, -0.15) is 0 Å². The number of nitrogens with zero attached hydrogens (tertiary/aromatic N) is 1. The van der Waals surface area contributed by atoms with E-state index in [2.05, 4.69) is 5.32 Å². The number of rotatable bonds is 2. The first-order valence-corrected chi connectivity index (χ1v) is 6.81. The van der Waals surface area contributed by atoms with E-state index in [0.717, 1.165) is 0 Å². The summed E-state index contributed by atoms with van der Waals surface area (Å²) in [4.78, 5) is 24.7. The minimum Gasteiger partial charge on any atom is -0.481 e. The second-order valence-electron chi connectivity index (χ2n) is 5.13. The fourth-order valence-electron chi connectivity index (χ4n) is 2.14. The number of likely N-dealkylation sites (tertiary alicyclic amines) is 1. The number of halogens is 2. The molecule has 20 heavy (non-hydrogen) atoms. The van der Waals surface area contributed by atoms with Crippen LogP contribution in [0.1, 0.15) is 13.3 Å². The van der Waals surface area contributed by atoms with Crippen LogP contribution in [0.4, 0.5) is 10.5 Å². The zero-order chi connectivity index (χ0) is 14.9. The van der Waals surface area contributed by atoms with Gasteiger partial charge in [0.25, 0.3) is 0 Å². The normalized spacial score (nSPS) is 21.9. The van der Waals surface area contributed by atoms with Gasteiger partial charge in [-0.3, -0.25) is 4.79 Å². The average molecular weight is 317 g/mol. The summed E-state index contributed by atoms with van der Waals surface area (Å²) in [7, 11) is 0. The molecule has 1 saturated heterocycles. The standard InChI is InChI=1S/C13H14Cl2N2O3/c1-13(11(18)19)2-3-17(7-13)12(20)16-10-5-8(14)4-9(15)6-10/h4-6H,2-3,7H2,1H3,(H,16,20)(H,18,19). The Hall–Kier alpha value is -1.46. The zero-order valence-corrected chi connectivity index (χ0v) is 12.3. The number of anilines is 1. The lowest BCUT2D eigenvalue weighted by Gasteiger charge is -2.20. The summed E-state index contributed by atoms with van der Waals surface area (Å²) < 4.78 is 0. The molecule has 0 aliphatic carbocycles. The summed E-state index contributed by atoms with van der Waals surface area (Å²) in [5, 5.41) is 12.7. The van der Waals surface area contributed by atoms with Gasteiger partial charge in [-0.05, 0) is 31.5 Å². The molecule has 1 aromatic carbocycles. The predicted molar refractivity (Wildman–Crippen MR) is 77.4 cm³/mol. The van der Waals surface area contributed by atoms with E-state index < -0.39 is 11.4 Å². The van der Waals surface area contributed by atoms with E-state index >= 15 is 0 Å². The summed E-state index contributed by atoms with van der Waals surface area (Å²) in [5.74, 6) is -0.890. The van der Waals surface area contributed by atoms with Crippen LogP contribution in [0, 0.1) is 5.41 Å². The molecule has 1 aromatic rings. The van der Waals surface area contributed by atoms with Crippen molar-refractivity contribution in [3.8, 4) is 0 Å². The number of urea groups is 1. The lowest BCUT2D eigenvalue weighted by Crippen LogP contribution is -2.37. The fraction of sp³-hybridized carbons (Fsp3) is 0.385. The third-order valence-electron chi connectivity index (χ3n) is 3.39. The lowest BCUT2D eigenvalue weighted by molar-refractivity contribution is -0.146. The Morgan fingerprint density at radius 2 is 1.90 bits per heavy atom. The number of aliphatic carboxylic acids is 1. The van der Waals surface area contributed by atoms with Crippen LogP contribution in [-0.2, 0) is 4.79 Å². The molecule has 0 spiro atoms. The van der Waals surface area contributed by atoms with Crippen LogP contribution in [0.2, 0.25) is 10.0 Å². The molecule has 0 radical (unpaired) electrons. The highest BCUT2D eigenvalue weighted by atomic mass is 35.5. The number of carboxylic acids is 1. The Bertz CT molecular complexity index is 544. The van der Waals surface area contributed by atoms with Gasteiger partial charge in [0.2, 0.25) is 0 Å². The number of nitrogens with one attached hydrogen (secondary N) is 1. The highest BCUT2D eigenvalue weighted by Crippen LogP contribution is 2.30. The highest BCUT2D eigenvalue weighted by molar-refractivity contribution is 6.35. The maximum Gasteiger partial charge on any atom is 0.321 e. The summed E-state index contributed by atoms with van der Waals surface area (Å²) in [6.45, 7) is 2.23. The van der Waals surface area contributed by atoms with Crippen molar-refractivity contribution < 1.29 is 14.7 Å². The van der Waals surface area contributed by atoms with Crippen LogP contribution in [0.15, 0.2) is 18.2 Å². The molecule has 0 bridgehead atoms. The second-order valence-corrected chi connectivity index (χ2v) is 6.00. The van der Waals surface area contributed by atoms with Gasteiger partial charge in [0, 0.05) is 28.8 Å². The quantitative estimate of drug-likeness (QED) is 0.879. The molecule has 7 heteroatoms. The topological polar surface area (TPSA) is 69.6 Å². The van der Waals surface area contributed by atoms with E-state index in [1.54, 1.807) is 25.1 Å². The third kappa shape index (κ3) is 3.16. The molecule has 0 aromatic heterocycles. The van der Waals surface area contributed by atoms with Crippen molar-refractivity contribution in [2.45, 2.75) is 13.3 Å². The fourth-order valence-corrected chi connectivity index (χ4v) is 2.66. The smallest absolute Gasteiger partial charge is 0.321 e. The first-order valence-electron chi connectivity index (χ1n) is 6.06. The molecule has 5 nitrogen and oxygen atoms in total. The van der Waals surface area contributed by atoms with Gasteiger partial charge in [0.05, 0.1) is 5.41 Å². The van der Waals surface area contributed by atoms with Gasteiger partial charge >= 0.3 is 12.0 Å². The second kappa shape index (κ2) is 5.50. The Balaban J connectivity index is 2.05. The summed E-state index contributed by atoms with van der Waals surface area (Å²) in [6, 6.07) is 4.37. The predicted octanol–water partition coefficient (Wildman–Crippen LogP) is 3.32. The first kappa shape index (κ1) is 14.9. The Labute approximate surface area is 126 Å². The lowest BCUT2D eigenvalue weighted by atomic mass is 9.90. The van der Waals surface area contributed by atoms with E-state index in [0.29, 0.717) is 28.7 Å². The van der Waals surface area contributed by atoms with Gasteiger partial charge < -0.3 is 15.3 Å². The van der Waals surface area contributed by atoms with Crippen molar-refractivity contribution >= 4 is 40.9 Å². The molecule has 2 amide bonds. The minimum atomic E-state index is -0.890. The number of benzene rings is 1. The van der Waals surface area contributed by atoms with E-state index in [1.165, 1.54) is 4.90 Å². The number of carbonyl (C=O) groups excluding carboxylic acids is 1. The number of amides is 2. The Kier molecular flexibility index (Phi) is 4.11. The van der Waals surface area contributed by atoms with E-state index in [4.69, 9.17) is 28.3 Å². The van der Waals surface area contributed by atoms with Crippen LogP contribution in [-0.4, -0.2) is 35.1 Å². The first-order chi connectivity index (χ1) is 9.30. The van der Waals surface area contributed by atoms with Gasteiger partial charge in [-0.25, -0.2) is 4.79 Å². The van der Waals surface area contributed by atoms with Crippen molar-refractivity contribution in [2.75, 3.05) is 18.4 Å². The largest absolute Gasteiger partial charge is 0.481 e. The number of carboxylic acid groups (broad SMARTS) is 1. The maximum absolute atomic E-state index is 12.1. The molecular weight excluding hydrogens is 303 g/mol. The van der Waals surface area contributed by atoms with Gasteiger partial charge in [0.15, 0.2) is 0 Å². The van der Waals surface area contributed by atoms with Gasteiger partial charge in [-0.15, -0.1) is 0 Å². The van der Waals surface area contributed by atoms with Crippen molar-refractivity contribution in [3.63, 3.8) is 0 Å². The van der Waals surface area contributed by atoms with Crippen LogP contribution in [0.3, 0.4) is 0 Å². The molecular formula is C13H14Cl2N2O3. The molecule has 1 aliphatic heterocycles. The molecule has 1 atom stereocenters. The monoisotopic (exact) mass is 316 g/mol. The summed E-state index contributed by atoms with van der Waals surface area (Å²) in [5.41, 5.74) is -0.403. The van der Waals surface area contributed by atoms with Gasteiger partial charge in [0.1, 0.15) is 0 Å². The van der Waals surface area contributed by atoms with E-state index in [-0.39, 0.29) is 12.6 Å². The molecule has 1 heterocycles. The molecule has 2 rings (SSSR count). The van der Waals surface area contributed by atoms with Crippen molar-refractivity contribution in [2.24, 2.45) is 5.41 Å². The number of carbonyl (C=O) groups is 2. The summed E-state index contributed by atoms with van der Waals surface area (Å²) in [6.07, 6.45) is 0.437. The van der Waals surface area contributed by atoms with Crippen LogP contribution >= 0.6 is 23.2 Å². The average Bonchev–Trinajstić information content (AvgIpc) is 2.72. The molecule has 0 saturated carbocycles. The SMILES string of the molecule is CC1(C(=O)O)CCN(C(=O)Nc2cc(Cl)cc(Cl)c2)C1. The molecule has 1 unspecified atom stereocenters. The van der Waals surface area contributed by atoms with Crippen molar-refractivity contribution in [1.29, 1.82) is 0 Å². The Morgan fingerprint density at radius 3 is 2.40 bits per heavy atom. The van der Waals surface area contributed by atoms with Gasteiger partial charge in [-0.1, -0.05) is 23.2 Å². The molecule has 108 valence electrons. The molecule has 2 N–H and O–H groups in total. The number of hydrogen-bond donors (Lipinski definition) is 2. The van der Waals surface area contributed by atoms with Crippen molar-refractivity contribution in [1.82, 2.24) is 4.90 Å². The van der Waals surface area contributed by atoms with E-state index in [9.17, 15) is 9.59 Å². The zero-order valence-electron chi connectivity index (χ0n) is 10.8. The highest BCUT2D eigenvalue weighted by Gasteiger charge is 2.42. The Morgan fingerprint density at radius 1 is 1.30 bits per heavy atom. The van der Waals surface area contributed by atoms with Crippen LogP contribution < -0.4 is 5.32 Å². The number of hydrogen-bond acceptors (Lipinski definition) is 2.